The summed E-state index contributed by atoms with van der Waals surface area (Å²) in [6.45, 7) is 5.83. The number of alkyl halides is 1. The summed E-state index contributed by atoms with van der Waals surface area (Å²) < 4.78 is 14.3. The van der Waals surface area contributed by atoms with Crippen LogP contribution in [0, 0.1) is 5.92 Å². The van der Waals surface area contributed by atoms with Crippen LogP contribution in [-0.4, -0.2) is 17.2 Å². The van der Waals surface area contributed by atoms with Crippen molar-refractivity contribution in [2.45, 2.75) is 39.3 Å². The zero-order valence-corrected chi connectivity index (χ0v) is 10.3. The average molecular weight is 224 g/mol. The van der Waals surface area contributed by atoms with Crippen molar-refractivity contribution in [2.24, 2.45) is 11.7 Å². The highest BCUT2D eigenvalue weighted by Crippen LogP contribution is 2.25. The molecule has 0 radical (unpaired) electrons. The molecule has 0 bridgehead atoms. The van der Waals surface area contributed by atoms with Crippen LogP contribution in [0.4, 0.5) is 4.39 Å². The van der Waals surface area contributed by atoms with E-state index in [9.17, 15) is 4.39 Å². The number of aromatic nitrogens is 1. The molecule has 1 unspecified atom stereocenters. The van der Waals surface area contributed by atoms with Gasteiger partial charge in [0.2, 0.25) is 0 Å². The lowest BCUT2D eigenvalue weighted by molar-refractivity contribution is 0.109. The molecule has 1 aromatic heterocycles. The molecule has 0 aromatic carbocycles. The van der Waals surface area contributed by atoms with Crippen molar-refractivity contribution < 1.29 is 4.39 Å². The van der Waals surface area contributed by atoms with Crippen LogP contribution in [0.3, 0.4) is 0 Å². The van der Waals surface area contributed by atoms with E-state index in [4.69, 9.17) is 5.73 Å². The van der Waals surface area contributed by atoms with Crippen molar-refractivity contribution in [1.29, 1.82) is 0 Å². The van der Waals surface area contributed by atoms with Gasteiger partial charge in [0.15, 0.2) is 0 Å². The van der Waals surface area contributed by atoms with Gasteiger partial charge in [-0.15, -0.1) is 0 Å². The largest absolute Gasteiger partial charge is 0.328 e. The number of nitrogens with zero attached hydrogens (tertiary/aromatic N) is 1. The molecule has 3 heteroatoms. The summed E-state index contributed by atoms with van der Waals surface area (Å²) in [5.41, 5.74) is 6.11. The quantitative estimate of drug-likeness (QED) is 0.834. The molecule has 0 saturated heterocycles. The Bertz CT molecular complexity index is 321. The van der Waals surface area contributed by atoms with E-state index in [0.29, 0.717) is 6.42 Å². The maximum atomic E-state index is 14.3. The van der Waals surface area contributed by atoms with Crippen LogP contribution < -0.4 is 5.73 Å². The Kier molecular flexibility index (Phi) is 4.42. The first-order chi connectivity index (χ1) is 7.51. The van der Waals surface area contributed by atoms with Gasteiger partial charge in [0.1, 0.15) is 5.67 Å². The van der Waals surface area contributed by atoms with E-state index < -0.39 is 5.67 Å². The second-order valence-electron chi connectivity index (χ2n) is 4.58. The topological polar surface area (TPSA) is 38.9 Å². The van der Waals surface area contributed by atoms with Crippen molar-refractivity contribution >= 4 is 0 Å². The summed E-state index contributed by atoms with van der Waals surface area (Å²) >= 11 is 0. The predicted molar refractivity (Wildman–Crippen MR) is 65.1 cm³/mol. The highest BCUT2D eigenvalue weighted by molar-refractivity contribution is 5.15. The summed E-state index contributed by atoms with van der Waals surface area (Å²) in [5, 5.41) is 0. The van der Waals surface area contributed by atoms with Crippen LogP contribution in [0.25, 0.3) is 0 Å². The van der Waals surface area contributed by atoms with E-state index in [1.165, 1.54) is 5.56 Å². The van der Waals surface area contributed by atoms with Crippen LogP contribution in [0.5, 0.6) is 0 Å². The SMILES string of the molecule is CCc1ccc(CC(F)(CN)C(C)C)nc1. The van der Waals surface area contributed by atoms with Crippen molar-refractivity contribution in [1.82, 2.24) is 4.98 Å². The van der Waals surface area contributed by atoms with Crippen molar-refractivity contribution in [3.8, 4) is 0 Å². The molecule has 2 N–H and O–H groups in total. The molecule has 0 spiro atoms. The molecule has 1 rings (SSSR count). The smallest absolute Gasteiger partial charge is 0.131 e. The van der Waals surface area contributed by atoms with E-state index >= 15 is 0 Å². The first-order valence-electron chi connectivity index (χ1n) is 5.84. The van der Waals surface area contributed by atoms with Gasteiger partial charge in [-0.25, -0.2) is 4.39 Å². The number of aryl methyl sites for hydroxylation is 1. The Hall–Kier alpha value is -0.960. The molecule has 1 atom stereocenters. The number of hydrogen-bond donors (Lipinski definition) is 1. The lowest BCUT2D eigenvalue weighted by Gasteiger charge is -2.27. The maximum Gasteiger partial charge on any atom is 0.131 e. The van der Waals surface area contributed by atoms with Gasteiger partial charge in [-0.1, -0.05) is 26.8 Å². The predicted octanol–water partition coefficient (Wildman–Crippen LogP) is 2.51. The van der Waals surface area contributed by atoms with Crippen LogP contribution in [0.2, 0.25) is 0 Å². The molecular formula is C13H21FN2. The van der Waals surface area contributed by atoms with Crippen molar-refractivity contribution in [3.05, 3.63) is 29.6 Å². The molecule has 1 heterocycles. The van der Waals surface area contributed by atoms with Crippen LogP contribution in [-0.2, 0) is 12.8 Å². The number of nitrogens with two attached hydrogens (primary N) is 1. The average Bonchev–Trinajstić information content (AvgIpc) is 2.29. The van der Waals surface area contributed by atoms with Crippen molar-refractivity contribution in [3.63, 3.8) is 0 Å². The third-order valence-electron chi connectivity index (χ3n) is 3.14. The summed E-state index contributed by atoms with van der Waals surface area (Å²) in [7, 11) is 0. The summed E-state index contributed by atoms with van der Waals surface area (Å²) in [6, 6.07) is 3.89. The number of halogens is 1. The first-order valence-corrected chi connectivity index (χ1v) is 5.84. The van der Waals surface area contributed by atoms with Crippen LogP contribution in [0.1, 0.15) is 32.0 Å². The molecule has 0 aliphatic carbocycles. The van der Waals surface area contributed by atoms with E-state index in [-0.39, 0.29) is 12.5 Å². The van der Waals surface area contributed by atoms with Gasteiger partial charge in [-0.2, -0.15) is 0 Å². The molecule has 0 fully saturated rings. The minimum Gasteiger partial charge on any atom is -0.328 e. The minimum atomic E-state index is -1.35. The Balaban J connectivity index is 2.78. The second-order valence-corrected chi connectivity index (χ2v) is 4.58. The number of rotatable bonds is 5. The summed E-state index contributed by atoms with van der Waals surface area (Å²) in [4.78, 5) is 4.27. The molecule has 0 saturated carbocycles. The van der Waals surface area contributed by atoms with Gasteiger partial charge < -0.3 is 5.73 Å². The standard InChI is InChI=1S/C13H21FN2/c1-4-11-5-6-12(16-8-11)7-13(14,9-15)10(2)3/h5-6,8,10H,4,7,9,15H2,1-3H3. The second kappa shape index (κ2) is 5.39. The van der Waals surface area contributed by atoms with Gasteiger partial charge in [-0.3, -0.25) is 4.98 Å². The van der Waals surface area contributed by atoms with Gasteiger partial charge in [0, 0.05) is 24.9 Å². The fraction of sp³-hybridized carbons (Fsp3) is 0.615. The normalized spacial score (nSPS) is 15.1. The van der Waals surface area contributed by atoms with Crippen LogP contribution in [0.15, 0.2) is 18.3 Å². The van der Waals surface area contributed by atoms with E-state index in [1.54, 1.807) is 0 Å². The molecule has 1 aromatic rings. The van der Waals surface area contributed by atoms with E-state index in [0.717, 1.165) is 12.1 Å². The first kappa shape index (κ1) is 13.1. The maximum absolute atomic E-state index is 14.3. The Morgan fingerprint density at radius 2 is 2.12 bits per heavy atom. The van der Waals surface area contributed by atoms with Gasteiger partial charge in [-0.05, 0) is 24.0 Å². The fourth-order valence-corrected chi connectivity index (χ4v) is 1.58. The van der Waals surface area contributed by atoms with Gasteiger partial charge in [0.25, 0.3) is 0 Å². The monoisotopic (exact) mass is 224 g/mol. The summed E-state index contributed by atoms with van der Waals surface area (Å²) in [6.07, 6.45) is 3.06. The van der Waals surface area contributed by atoms with Crippen LogP contribution >= 0.6 is 0 Å². The number of hydrogen-bond acceptors (Lipinski definition) is 2. The summed E-state index contributed by atoms with van der Waals surface area (Å²) in [5.74, 6) is -0.0925. The third kappa shape index (κ3) is 3.01. The van der Waals surface area contributed by atoms with Gasteiger partial charge >= 0.3 is 0 Å². The minimum absolute atomic E-state index is 0.0435. The lowest BCUT2D eigenvalue weighted by atomic mass is 9.87. The van der Waals surface area contributed by atoms with E-state index in [1.807, 2.05) is 32.2 Å². The molecule has 16 heavy (non-hydrogen) atoms. The zero-order valence-electron chi connectivity index (χ0n) is 10.3. The van der Waals surface area contributed by atoms with Gasteiger partial charge in [0.05, 0.1) is 0 Å². The molecule has 0 aliphatic rings. The Morgan fingerprint density at radius 1 is 1.44 bits per heavy atom. The van der Waals surface area contributed by atoms with E-state index in [2.05, 4.69) is 11.9 Å². The molecule has 90 valence electrons. The molecule has 0 aliphatic heterocycles. The highest BCUT2D eigenvalue weighted by Gasteiger charge is 2.32. The Labute approximate surface area is 97.1 Å². The highest BCUT2D eigenvalue weighted by atomic mass is 19.1. The Morgan fingerprint density at radius 3 is 2.50 bits per heavy atom. The molecule has 0 amide bonds. The lowest BCUT2D eigenvalue weighted by Crippen LogP contribution is -2.40. The zero-order chi connectivity index (χ0) is 12.2. The fourth-order valence-electron chi connectivity index (χ4n) is 1.58. The third-order valence-corrected chi connectivity index (χ3v) is 3.14. The van der Waals surface area contributed by atoms with Crippen molar-refractivity contribution in [2.75, 3.05) is 6.54 Å². The molecule has 2 nitrogen and oxygen atoms in total. The molecular weight excluding hydrogens is 203 g/mol. The number of pyridine rings is 1.